The maximum Gasteiger partial charge on any atom is 0.0246 e. The van der Waals surface area contributed by atoms with Gasteiger partial charge in [0.05, 0.1) is 0 Å². The summed E-state index contributed by atoms with van der Waals surface area (Å²) < 4.78 is 0. The van der Waals surface area contributed by atoms with Crippen LogP contribution in [0.15, 0.2) is 0 Å². The first-order chi connectivity index (χ1) is 10.3. The summed E-state index contributed by atoms with van der Waals surface area (Å²) in [6, 6.07) is 1.51. The van der Waals surface area contributed by atoms with Crippen molar-refractivity contribution in [3.05, 3.63) is 0 Å². The Morgan fingerprint density at radius 3 is 2.19 bits per heavy atom. The van der Waals surface area contributed by atoms with Crippen LogP contribution in [-0.2, 0) is 0 Å². The highest BCUT2D eigenvalue weighted by Gasteiger charge is 2.27. The van der Waals surface area contributed by atoms with Gasteiger partial charge in [-0.05, 0) is 51.6 Å². The van der Waals surface area contributed by atoms with Crippen LogP contribution >= 0.6 is 0 Å². The van der Waals surface area contributed by atoms with Crippen molar-refractivity contribution in [2.24, 2.45) is 5.92 Å². The first-order valence-corrected chi connectivity index (χ1v) is 9.75. The molecule has 2 aliphatic carbocycles. The highest BCUT2D eigenvalue weighted by molar-refractivity contribution is 4.86. The molecule has 0 aromatic heterocycles. The normalized spacial score (nSPS) is 29.3. The predicted octanol–water partition coefficient (Wildman–Crippen LogP) is 4.59. The zero-order valence-electron chi connectivity index (χ0n) is 14.6. The quantitative estimate of drug-likeness (QED) is 0.771. The molecule has 0 aromatic rings. The smallest absolute Gasteiger partial charge is 0.0246 e. The summed E-state index contributed by atoms with van der Waals surface area (Å²) in [5, 5.41) is 3.87. The molecule has 0 saturated heterocycles. The second kappa shape index (κ2) is 9.84. The lowest BCUT2D eigenvalue weighted by Crippen LogP contribution is -2.50. The van der Waals surface area contributed by atoms with Gasteiger partial charge in [-0.2, -0.15) is 0 Å². The molecule has 0 bridgehead atoms. The van der Waals surface area contributed by atoms with Gasteiger partial charge < -0.3 is 10.2 Å². The van der Waals surface area contributed by atoms with Crippen LogP contribution in [0.3, 0.4) is 0 Å². The van der Waals surface area contributed by atoms with E-state index in [0.717, 1.165) is 18.0 Å². The van der Waals surface area contributed by atoms with Gasteiger partial charge in [-0.25, -0.2) is 0 Å². The van der Waals surface area contributed by atoms with E-state index in [9.17, 15) is 0 Å². The predicted molar refractivity (Wildman–Crippen MR) is 92.8 cm³/mol. The van der Waals surface area contributed by atoms with Gasteiger partial charge in [0.25, 0.3) is 0 Å². The Kier molecular flexibility index (Phi) is 8.10. The Morgan fingerprint density at radius 1 is 0.857 bits per heavy atom. The van der Waals surface area contributed by atoms with Crippen LogP contribution in [0.25, 0.3) is 0 Å². The number of nitrogens with zero attached hydrogens (tertiary/aromatic N) is 1. The number of hydrogen-bond donors (Lipinski definition) is 1. The average molecular weight is 295 g/mol. The van der Waals surface area contributed by atoms with Crippen molar-refractivity contribution in [3.8, 4) is 0 Å². The van der Waals surface area contributed by atoms with Crippen LogP contribution < -0.4 is 5.32 Å². The molecular weight excluding hydrogens is 256 g/mol. The molecule has 2 heteroatoms. The summed E-state index contributed by atoms with van der Waals surface area (Å²) in [5.41, 5.74) is 0. The highest BCUT2D eigenvalue weighted by Crippen LogP contribution is 2.27. The monoisotopic (exact) mass is 294 g/mol. The van der Waals surface area contributed by atoms with Crippen LogP contribution in [0, 0.1) is 5.92 Å². The molecule has 2 unspecified atom stereocenters. The third-order valence-electron chi connectivity index (χ3n) is 5.72. The Hall–Kier alpha value is -0.0800. The highest BCUT2D eigenvalue weighted by atomic mass is 15.2. The second-order valence-corrected chi connectivity index (χ2v) is 7.56. The molecule has 0 amide bonds. The minimum Gasteiger partial charge on any atom is -0.312 e. The third kappa shape index (κ3) is 5.90. The molecule has 2 atom stereocenters. The van der Waals surface area contributed by atoms with E-state index in [-0.39, 0.29) is 0 Å². The molecule has 1 N–H and O–H groups in total. The first kappa shape index (κ1) is 17.3. The van der Waals surface area contributed by atoms with Crippen molar-refractivity contribution in [1.29, 1.82) is 0 Å². The number of hydrogen-bond acceptors (Lipinski definition) is 2. The van der Waals surface area contributed by atoms with E-state index in [1.165, 1.54) is 90.1 Å². The maximum absolute atomic E-state index is 3.87. The van der Waals surface area contributed by atoms with Gasteiger partial charge in [0.1, 0.15) is 0 Å². The first-order valence-electron chi connectivity index (χ1n) is 9.75. The van der Waals surface area contributed by atoms with E-state index in [1.54, 1.807) is 0 Å². The van der Waals surface area contributed by atoms with Crippen molar-refractivity contribution in [2.75, 3.05) is 20.1 Å². The molecule has 0 spiro atoms. The maximum atomic E-state index is 3.87. The SMILES string of the molecule is CCCNC1CCCCCCC1N(C)CC1CCCCC1. The van der Waals surface area contributed by atoms with Crippen molar-refractivity contribution in [1.82, 2.24) is 10.2 Å². The van der Waals surface area contributed by atoms with Crippen molar-refractivity contribution < 1.29 is 0 Å². The molecule has 21 heavy (non-hydrogen) atoms. The lowest BCUT2D eigenvalue weighted by atomic mass is 9.87. The summed E-state index contributed by atoms with van der Waals surface area (Å²) >= 11 is 0. The number of nitrogens with one attached hydrogen (secondary N) is 1. The fourth-order valence-corrected chi connectivity index (χ4v) is 4.47. The topological polar surface area (TPSA) is 15.3 Å². The van der Waals surface area contributed by atoms with Crippen molar-refractivity contribution in [3.63, 3.8) is 0 Å². The van der Waals surface area contributed by atoms with E-state index in [0.29, 0.717) is 0 Å². The molecule has 0 aliphatic heterocycles. The molecule has 2 fully saturated rings. The average Bonchev–Trinajstić information content (AvgIpc) is 2.47. The molecule has 2 nitrogen and oxygen atoms in total. The molecule has 2 saturated carbocycles. The molecule has 124 valence electrons. The van der Waals surface area contributed by atoms with E-state index in [1.807, 2.05) is 0 Å². The van der Waals surface area contributed by atoms with Gasteiger partial charge >= 0.3 is 0 Å². The lowest BCUT2D eigenvalue weighted by molar-refractivity contribution is 0.131. The molecule has 2 aliphatic rings. The molecule has 2 rings (SSSR count). The van der Waals surface area contributed by atoms with Gasteiger partial charge in [-0.15, -0.1) is 0 Å². The molecule has 0 heterocycles. The standard InChI is InChI=1S/C19H38N2/c1-3-15-20-18-13-9-4-5-10-14-19(18)21(2)16-17-11-7-6-8-12-17/h17-20H,3-16H2,1-2H3. The summed E-state index contributed by atoms with van der Waals surface area (Å²) in [7, 11) is 2.40. The third-order valence-corrected chi connectivity index (χ3v) is 5.72. The Morgan fingerprint density at radius 2 is 1.48 bits per heavy atom. The fourth-order valence-electron chi connectivity index (χ4n) is 4.47. The van der Waals surface area contributed by atoms with Crippen LogP contribution in [0.1, 0.15) is 84.0 Å². The zero-order valence-corrected chi connectivity index (χ0v) is 14.6. The second-order valence-electron chi connectivity index (χ2n) is 7.56. The van der Waals surface area contributed by atoms with Gasteiger partial charge in [0.2, 0.25) is 0 Å². The minimum atomic E-state index is 0.735. The van der Waals surface area contributed by atoms with Gasteiger partial charge in [0.15, 0.2) is 0 Å². The summed E-state index contributed by atoms with van der Waals surface area (Å²) in [4.78, 5) is 2.73. The van der Waals surface area contributed by atoms with E-state index in [2.05, 4.69) is 24.2 Å². The van der Waals surface area contributed by atoms with E-state index in [4.69, 9.17) is 0 Å². The summed E-state index contributed by atoms with van der Waals surface area (Å²) in [5.74, 6) is 0.973. The van der Waals surface area contributed by atoms with E-state index < -0.39 is 0 Å². The Balaban J connectivity index is 1.89. The van der Waals surface area contributed by atoms with E-state index >= 15 is 0 Å². The molecule has 0 aromatic carbocycles. The van der Waals surface area contributed by atoms with Crippen LogP contribution in [0.2, 0.25) is 0 Å². The van der Waals surface area contributed by atoms with Crippen LogP contribution in [0.5, 0.6) is 0 Å². The number of rotatable bonds is 6. The number of likely N-dealkylation sites (N-methyl/N-ethyl adjacent to an activating group) is 1. The van der Waals surface area contributed by atoms with Gasteiger partial charge in [-0.1, -0.05) is 51.9 Å². The van der Waals surface area contributed by atoms with Gasteiger partial charge in [-0.3, -0.25) is 0 Å². The Labute approximate surface area is 133 Å². The fraction of sp³-hybridized carbons (Fsp3) is 1.00. The Bertz CT molecular complexity index is 258. The molecule has 0 radical (unpaired) electrons. The summed E-state index contributed by atoms with van der Waals surface area (Å²) in [6.07, 6.45) is 17.2. The molecular formula is C19H38N2. The van der Waals surface area contributed by atoms with Gasteiger partial charge in [0, 0.05) is 18.6 Å². The van der Waals surface area contributed by atoms with Crippen LogP contribution in [-0.4, -0.2) is 37.1 Å². The zero-order chi connectivity index (χ0) is 14.9. The van der Waals surface area contributed by atoms with Crippen molar-refractivity contribution in [2.45, 2.75) is 96.1 Å². The van der Waals surface area contributed by atoms with Crippen molar-refractivity contribution >= 4 is 0 Å². The summed E-state index contributed by atoms with van der Waals surface area (Å²) in [6.45, 7) is 4.82. The minimum absolute atomic E-state index is 0.735. The lowest BCUT2D eigenvalue weighted by Gasteiger charge is -2.39. The largest absolute Gasteiger partial charge is 0.312 e. The van der Waals surface area contributed by atoms with Crippen LogP contribution in [0.4, 0.5) is 0 Å².